The predicted octanol–water partition coefficient (Wildman–Crippen LogP) is 3.29. The van der Waals surface area contributed by atoms with Gasteiger partial charge in [-0.3, -0.25) is 9.69 Å². The van der Waals surface area contributed by atoms with E-state index in [9.17, 15) is 4.79 Å². The number of nitrogens with zero attached hydrogens (tertiary/aromatic N) is 4. The second-order valence-corrected chi connectivity index (χ2v) is 9.54. The Morgan fingerprint density at radius 2 is 1.65 bits per heavy atom. The fourth-order valence-corrected chi connectivity index (χ4v) is 4.34. The summed E-state index contributed by atoms with van der Waals surface area (Å²) in [5, 5.41) is 15.1. The molecule has 1 aliphatic heterocycles. The van der Waals surface area contributed by atoms with Crippen LogP contribution in [0.4, 0.5) is 0 Å². The van der Waals surface area contributed by atoms with Crippen molar-refractivity contribution in [2.45, 2.75) is 33.6 Å². The molecule has 0 atom stereocenters. The Morgan fingerprint density at radius 3 is 2.30 bits per heavy atom. The molecule has 1 N–H and O–H groups in total. The highest BCUT2D eigenvalue weighted by atomic mass is 16.6. The van der Waals surface area contributed by atoms with Crippen LogP contribution in [0.1, 0.15) is 44.7 Å². The maximum atomic E-state index is 12.5. The van der Waals surface area contributed by atoms with Crippen LogP contribution in [0.3, 0.4) is 0 Å². The number of rotatable bonds is 10. The average molecular weight is 550 g/mol. The first kappa shape index (κ1) is 30.6. The van der Waals surface area contributed by atoms with Crippen LogP contribution < -0.4 is 5.32 Å². The Bertz CT molecular complexity index is 1260. The van der Waals surface area contributed by atoms with Gasteiger partial charge in [0, 0.05) is 31.3 Å². The highest BCUT2D eigenvalue weighted by molar-refractivity contribution is 6.47. The molecule has 10 nitrogen and oxygen atoms in total. The molecule has 2 aliphatic rings. The summed E-state index contributed by atoms with van der Waals surface area (Å²) in [6.45, 7) is 10.2. The molecule has 40 heavy (non-hydrogen) atoms. The lowest BCUT2D eigenvalue weighted by Crippen LogP contribution is -2.36. The summed E-state index contributed by atoms with van der Waals surface area (Å²) >= 11 is 0. The van der Waals surface area contributed by atoms with Crippen molar-refractivity contribution in [2.75, 3.05) is 60.7 Å². The lowest BCUT2D eigenvalue weighted by atomic mass is 9.85. The van der Waals surface area contributed by atoms with E-state index in [4.69, 9.17) is 19.2 Å². The van der Waals surface area contributed by atoms with E-state index >= 15 is 0 Å². The fraction of sp³-hybridized carbons (Fsp3) is 0.467. The maximum Gasteiger partial charge on any atom is 0.273 e. The topological polar surface area (TPSA) is 106 Å². The molecule has 0 aromatic heterocycles. The van der Waals surface area contributed by atoms with E-state index < -0.39 is 0 Å². The monoisotopic (exact) mass is 549 g/mol. The molecule has 1 fully saturated rings. The summed E-state index contributed by atoms with van der Waals surface area (Å²) in [4.78, 5) is 30.6. The quantitative estimate of drug-likeness (QED) is 0.208. The van der Waals surface area contributed by atoms with Crippen molar-refractivity contribution in [1.82, 2.24) is 10.2 Å². The minimum absolute atomic E-state index is 0.189. The zero-order chi connectivity index (χ0) is 28.9. The summed E-state index contributed by atoms with van der Waals surface area (Å²) < 4.78 is 5.38. The van der Waals surface area contributed by atoms with Crippen molar-refractivity contribution >= 4 is 23.0 Å². The number of nitrogens with one attached hydrogen (secondary N) is 1. The van der Waals surface area contributed by atoms with Crippen LogP contribution in [-0.2, 0) is 24.0 Å². The zero-order valence-electron chi connectivity index (χ0n) is 24.3. The number of amides is 1. The van der Waals surface area contributed by atoms with Crippen LogP contribution in [0.25, 0.3) is 0 Å². The number of carbonyl (C=O) groups excluding carboxylic acids is 1. The molecule has 0 saturated carbocycles. The molecule has 1 aromatic carbocycles. The van der Waals surface area contributed by atoms with E-state index in [1.165, 1.54) is 25.4 Å². The number of ether oxygens (including phenoxy) is 1. The summed E-state index contributed by atoms with van der Waals surface area (Å²) in [6, 6.07) is 7.77. The SMILES string of the molecule is CNC(=O)C(=NOC)C1=C(CON=C(C)C(=NOC)c2ccc(C#CCN3CCOCC3)cc2)CC(C)=C(C)C1. The number of carbonyl (C=O) groups is 1. The van der Waals surface area contributed by atoms with Gasteiger partial charge in [-0.2, -0.15) is 0 Å². The highest BCUT2D eigenvalue weighted by Gasteiger charge is 2.25. The molecule has 1 heterocycles. The Hall–Kier alpha value is -3.94. The second kappa shape index (κ2) is 15.6. The third-order valence-corrected chi connectivity index (χ3v) is 6.75. The molecular weight excluding hydrogens is 510 g/mol. The normalized spacial score (nSPS) is 17.3. The number of morpholine rings is 1. The molecular formula is C30H39N5O5. The van der Waals surface area contributed by atoms with Crippen molar-refractivity contribution in [3.8, 4) is 11.8 Å². The number of hydrogen-bond donors (Lipinski definition) is 1. The van der Waals surface area contributed by atoms with Crippen LogP contribution in [0.2, 0.25) is 0 Å². The first-order valence-electron chi connectivity index (χ1n) is 13.2. The molecule has 0 unspecified atom stereocenters. The molecule has 0 radical (unpaired) electrons. The van der Waals surface area contributed by atoms with Crippen LogP contribution in [-0.4, -0.2) is 88.7 Å². The third kappa shape index (κ3) is 8.53. The largest absolute Gasteiger partial charge is 0.399 e. The minimum atomic E-state index is -0.315. The summed E-state index contributed by atoms with van der Waals surface area (Å²) in [7, 11) is 4.48. The summed E-state index contributed by atoms with van der Waals surface area (Å²) in [5.74, 6) is 6.14. The summed E-state index contributed by atoms with van der Waals surface area (Å²) in [5.41, 5.74) is 7.20. The maximum absolute atomic E-state index is 12.5. The van der Waals surface area contributed by atoms with Crippen molar-refractivity contribution < 1.29 is 24.0 Å². The van der Waals surface area contributed by atoms with E-state index in [1.54, 1.807) is 7.05 Å². The first-order valence-corrected chi connectivity index (χ1v) is 13.2. The molecule has 0 spiro atoms. The van der Waals surface area contributed by atoms with Gasteiger partial charge in [-0.15, -0.1) is 0 Å². The van der Waals surface area contributed by atoms with E-state index in [-0.39, 0.29) is 18.2 Å². The van der Waals surface area contributed by atoms with Gasteiger partial charge in [-0.25, -0.2) is 0 Å². The minimum Gasteiger partial charge on any atom is -0.399 e. The Labute approximate surface area is 236 Å². The molecule has 0 bridgehead atoms. The average Bonchev–Trinajstić information content (AvgIpc) is 2.97. The Balaban J connectivity index is 1.73. The van der Waals surface area contributed by atoms with Gasteiger partial charge >= 0.3 is 0 Å². The molecule has 1 amide bonds. The van der Waals surface area contributed by atoms with E-state index in [0.717, 1.165) is 55.1 Å². The number of allylic oxidation sites excluding steroid dienone is 2. The van der Waals surface area contributed by atoms with Crippen LogP contribution >= 0.6 is 0 Å². The van der Waals surface area contributed by atoms with Gasteiger partial charge in [-0.1, -0.05) is 50.6 Å². The molecule has 1 saturated heterocycles. The standard InChI is InChI=1S/C30H39N5O5/c1-21-18-26(27(19-22(21)2)29(34-38-6)30(36)31-4)20-40-32-23(3)28(33-37-5)25-11-9-24(10-12-25)8-7-13-35-14-16-39-17-15-35/h9-12H,13-20H2,1-6H3,(H,31,36). The van der Waals surface area contributed by atoms with Gasteiger partial charge in [0.2, 0.25) is 0 Å². The Morgan fingerprint density at radius 1 is 1.00 bits per heavy atom. The summed E-state index contributed by atoms with van der Waals surface area (Å²) in [6.07, 6.45) is 1.24. The van der Waals surface area contributed by atoms with Crippen molar-refractivity contribution in [1.29, 1.82) is 0 Å². The van der Waals surface area contributed by atoms with Crippen molar-refractivity contribution in [3.63, 3.8) is 0 Å². The van der Waals surface area contributed by atoms with E-state index in [1.807, 2.05) is 31.2 Å². The lowest BCUT2D eigenvalue weighted by molar-refractivity contribution is -0.114. The zero-order valence-corrected chi connectivity index (χ0v) is 24.3. The lowest BCUT2D eigenvalue weighted by Gasteiger charge is -2.24. The van der Waals surface area contributed by atoms with Crippen LogP contribution in [0.5, 0.6) is 0 Å². The van der Waals surface area contributed by atoms with Gasteiger partial charge in [0.25, 0.3) is 5.91 Å². The molecule has 1 aliphatic carbocycles. The highest BCUT2D eigenvalue weighted by Crippen LogP contribution is 2.31. The van der Waals surface area contributed by atoms with Gasteiger partial charge < -0.3 is 24.6 Å². The number of hydrogen-bond acceptors (Lipinski definition) is 9. The molecule has 1 aromatic rings. The smallest absolute Gasteiger partial charge is 0.273 e. The first-order chi connectivity index (χ1) is 19.4. The number of oxime groups is 3. The van der Waals surface area contributed by atoms with Gasteiger partial charge in [0.15, 0.2) is 5.71 Å². The second-order valence-electron chi connectivity index (χ2n) is 9.54. The number of benzene rings is 1. The molecule has 214 valence electrons. The van der Waals surface area contributed by atoms with Gasteiger partial charge in [-0.05, 0) is 56.9 Å². The van der Waals surface area contributed by atoms with Crippen molar-refractivity contribution in [2.24, 2.45) is 15.5 Å². The van der Waals surface area contributed by atoms with Crippen molar-refractivity contribution in [3.05, 3.63) is 57.7 Å². The third-order valence-electron chi connectivity index (χ3n) is 6.75. The van der Waals surface area contributed by atoms with Gasteiger partial charge in [0.1, 0.15) is 32.2 Å². The predicted molar refractivity (Wildman–Crippen MR) is 156 cm³/mol. The fourth-order valence-electron chi connectivity index (χ4n) is 4.34. The van der Waals surface area contributed by atoms with Gasteiger partial charge in [0.05, 0.1) is 19.8 Å². The Kier molecular flexibility index (Phi) is 11.9. The van der Waals surface area contributed by atoms with Crippen LogP contribution in [0, 0.1) is 11.8 Å². The van der Waals surface area contributed by atoms with Crippen LogP contribution in [0.15, 0.2) is 62.0 Å². The van der Waals surface area contributed by atoms with E-state index in [0.29, 0.717) is 24.3 Å². The molecule has 3 rings (SSSR count). The van der Waals surface area contributed by atoms with E-state index in [2.05, 4.69) is 51.4 Å². The molecule has 10 heteroatoms.